The molecule has 2 saturated heterocycles. The SMILES string of the molecule is CC(C)N(C(C)C)P(Cl)OCCC#N.COc1ccc(C(OC[C@@H]2C[C@@H](O)CN2C(=O)CCCSSCCN2C(=O)c3ccccc3C2=O)(c2ccccc2)c2ccc(OC)cc2)cc1.[C-]#[N+]CCOP(O[C@@H]1C[C@@H](COC(c2ccccc2)(c2ccc(OC)cc2)c2ccc(OC)cc2)N(C(=O)CCCSSCCN2C(=O)c3ccccc3C2=O)C1)N(C(C)C)C(C)C. The molecule has 0 aliphatic carbocycles. The van der Waals surface area contributed by atoms with Crippen molar-refractivity contribution in [2.45, 2.75) is 160 Å². The van der Waals surface area contributed by atoms with E-state index in [4.69, 9.17) is 65.1 Å². The van der Waals surface area contributed by atoms with Crippen molar-refractivity contribution in [1.29, 1.82) is 5.26 Å². The first-order valence-electron chi connectivity index (χ1n) is 43.5. The van der Waals surface area contributed by atoms with Gasteiger partial charge in [-0.1, -0.05) is 177 Å². The highest BCUT2D eigenvalue weighted by Gasteiger charge is 2.46. The molecule has 1 N–H and O–H groups in total. The Morgan fingerprint density at radius 2 is 0.829 bits per heavy atom. The highest BCUT2D eigenvalue weighted by molar-refractivity contribution is 8.77. The maximum Gasteiger partial charge on any atom is 0.261 e. The van der Waals surface area contributed by atoms with E-state index in [0.717, 1.165) is 67.9 Å². The van der Waals surface area contributed by atoms with E-state index < -0.39 is 33.5 Å². The monoisotopic (exact) mass is 1890 g/mol. The minimum atomic E-state index is -1.54. The van der Waals surface area contributed by atoms with Gasteiger partial charge in [0.05, 0.1) is 107 Å². The average molecular weight is 1890 g/mol. The second-order valence-corrected chi connectivity index (χ2v) is 40.9. The van der Waals surface area contributed by atoms with Crippen LogP contribution >= 0.6 is 70.6 Å². The van der Waals surface area contributed by atoms with Crippen molar-refractivity contribution >= 4 is 106 Å². The van der Waals surface area contributed by atoms with Crippen LogP contribution in [0.15, 0.2) is 206 Å². The third-order valence-corrected chi connectivity index (χ3v) is 31.9. The highest BCUT2D eigenvalue weighted by atomic mass is 35.7. The molecule has 2 fully saturated rings. The standard InChI is InChI=1S/C49H59N4O8PS2.C40H42N2O7S2.C9H18ClN2OP/c1-35(2)53(36(3)4)62(60-29-27-50-5)61-43-32-40(52(33-43)46(54)18-13-30-63-64-31-28-51-47(55)44-16-11-12-17-45(44)48(51)56)34-59-49(37-14-9-8-10-15-37,38-19-23-41(57-6)24-20-38)39-21-25-42(58-7)26-22-39;1-47-33-18-14-29(15-19-33)40(28-9-4-3-5-10-28,30-16-20-34(48-2)21-17-30)49-27-31-25-32(43)26-42(31)37(44)13-8-23-50-51-24-22-41-38(45)35-11-6-7-12-36(35)39(41)46;1-8(2)12(9(3)4)14(10)13-7-5-6-11/h8-12,14-17,19-26,35-36,40,43H,13,18,27-34H2,1-4,6-7H3;3-7,9-12,14-21,31-32,43H,8,13,22-27H2,1-2H3;8-9H,5,7H2,1-4H3/t40-,43+,62?;31-,32+;/m00./s1. The topological polar surface area (TPSA) is 253 Å². The van der Waals surface area contributed by atoms with Crippen LogP contribution in [0, 0.1) is 17.9 Å². The Hall–Kier alpha value is -8.61. The van der Waals surface area contributed by atoms with Crippen molar-refractivity contribution in [3.05, 3.63) is 273 Å². The third kappa shape index (κ3) is 26.9. The molecule has 2 unspecified atom stereocenters. The molecule has 0 spiro atoms. The van der Waals surface area contributed by atoms with Crippen LogP contribution in [0.2, 0.25) is 0 Å². The van der Waals surface area contributed by atoms with Gasteiger partial charge in [-0.3, -0.25) is 38.6 Å². The first-order valence-corrected chi connectivity index (χ1v) is 51.7. The van der Waals surface area contributed by atoms with E-state index in [1.807, 2.05) is 157 Å². The molecule has 4 aliphatic heterocycles. The number of benzene rings is 8. The Morgan fingerprint density at radius 1 is 0.488 bits per heavy atom. The van der Waals surface area contributed by atoms with Gasteiger partial charge in [0.15, 0.2) is 0 Å². The Balaban J connectivity index is 0.000000237. The van der Waals surface area contributed by atoms with Crippen molar-refractivity contribution in [2.75, 3.05) is 111 Å². The van der Waals surface area contributed by atoms with E-state index in [0.29, 0.717) is 117 Å². The summed E-state index contributed by atoms with van der Waals surface area (Å²) in [5.41, 5.74) is 5.16. The van der Waals surface area contributed by atoms with E-state index >= 15 is 0 Å². The summed E-state index contributed by atoms with van der Waals surface area (Å²) in [6, 6.07) is 67.8. The summed E-state index contributed by atoms with van der Waals surface area (Å²) >= 11 is 6.13. The summed E-state index contributed by atoms with van der Waals surface area (Å²) in [6.07, 6.45) is 2.35. The predicted molar refractivity (Wildman–Crippen MR) is 517 cm³/mol. The number of imide groups is 2. The third-order valence-electron chi connectivity index (χ3n) is 22.2. The molecule has 688 valence electrons. The molecule has 31 heteroatoms. The van der Waals surface area contributed by atoms with Gasteiger partial charge >= 0.3 is 0 Å². The number of aliphatic hydroxyl groups excluding tert-OH is 1. The van der Waals surface area contributed by atoms with Crippen molar-refractivity contribution < 1.29 is 75.9 Å². The summed E-state index contributed by atoms with van der Waals surface area (Å²) < 4.78 is 59.3. The van der Waals surface area contributed by atoms with Crippen molar-refractivity contribution in [1.82, 2.24) is 28.9 Å². The lowest BCUT2D eigenvalue weighted by Gasteiger charge is -2.38. The molecule has 6 amide bonds. The quantitative estimate of drug-likeness (QED) is 0.00929. The number of aliphatic hydroxyl groups is 1. The summed E-state index contributed by atoms with van der Waals surface area (Å²) in [5.74, 6) is 4.56. The van der Waals surface area contributed by atoms with E-state index in [2.05, 4.69) is 81.7 Å². The number of carbonyl (C=O) groups is 6. The zero-order valence-corrected chi connectivity index (χ0v) is 81.3. The van der Waals surface area contributed by atoms with E-state index in [1.54, 1.807) is 125 Å². The number of β-amino-alcohol motifs (C(OH)–C–C–N with tert-alkyl or cyclic N) is 1. The van der Waals surface area contributed by atoms with Crippen molar-refractivity contribution in [3.63, 3.8) is 0 Å². The number of hydrogen-bond donors (Lipinski definition) is 1. The van der Waals surface area contributed by atoms with Gasteiger partial charge < -0.3 is 61.7 Å². The fraction of sp³-hybridized carbons (Fsp3) is 0.429. The van der Waals surface area contributed by atoms with Crippen LogP contribution in [0.4, 0.5) is 0 Å². The number of nitrogens with zero attached hydrogens (tertiary/aromatic N) is 8. The number of hydrogen-bond acceptors (Lipinski definition) is 23. The number of fused-ring (bicyclic) bond motifs is 2. The van der Waals surface area contributed by atoms with Crippen LogP contribution in [-0.4, -0.2) is 229 Å². The van der Waals surface area contributed by atoms with Crippen LogP contribution in [-0.2, 0) is 43.8 Å². The molecule has 8 aromatic carbocycles. The Morgan fingerprint density at radius 3 is 1.18 bits per heavy atom. The summed E-state index contributed by atoms with van der Waals surface area (Å²) in [5, 5.41) is 19.1. The summed E-state index contributed by atoms with van der Waals surface area (Å²) in [4.78, 5) is 88.6. The van der Waals surface area contributed by atoms with Gasteiger partial charge in [-0.25, -0.2) is 15.9 Å². The lowest BCUT2D eigenvalue weighted by Crippen LogP contribution is -2.42. The summed E-state index contributed by atoms with van der Waals surface area (Å²) in [6.45, 7) is 26.8. The first kappa shape index (κ1) is 103. The number of amides is 6. The molecular formula is C98H119ClN8O16P2S4. The summed E-state index contributed by atoms with van der Waals surface area (Å²) in [7, 11) is 10.4. The van der Waals surface area contributed by atoms with Crippen LogP contribution < -0.4 is 18.9 Å². The smallest absolute Gasteiger partial charge is 0.261 e. The molecule has 4 aliphatic rings. The maximum atomic E-state index is 14.4. The molecule has 8 aromatic rings. The van der Waals surface area contributed by atoms with Gasteiger partial charge in [-0.05, 0) is 198 Å². The second kappa shape index (κ2) is 51.4. The largest absolute Gasteiger partial charge is 0.497 e. The number of methoxy groups -OCH3 is 4. The maximum absolute atomic E-state index is 14.4. The Labute approximate surface area is 783 Å². The highest BCUT2D eigenvalue weighted by Crippen LogP contribution is 2.52. The molecule has 4 heterocycles. The number of likely N-dealkylation sites (tertiary alicyclic amines) is 2. The minimum absolute atomic E-state index is 0.0124. The molecule has 0 aromatic heterocycles. The fourth-order valence-electron chi connectivity index (χ4n) is 16.2. The molecule has 12 rings (SSSR count). The van der Waals surface area contributed by atoms with Gasteiger partial charge in [-0.15, -0.1) is 0 Å². The fourth-order valence-corrected chi connectivity index (χ4v) is 24.3. The van der Waals surface area contributed by atoms with Crippen molar-refractivity contribution in [3.8, 4) is 29.1 Å². The minimum Gasteiger partial charge on any atom is -0.497 e. The van der Waals surface area contributed by atoms with Gasteiger partial charge in [0.25, 0.3) is 32.2 Å². The second-order valence-electron chi connectivity index (χ2n) is 32.0. The molecule has 24 nitrogen and oxygen atoms in total. The normalized spacial score (nSPS) is 16.6. The molecule has 6 atom stereocenters. The van der Waals surface area contributed by atoms with E-state index in [9.17, 15) is 33.9 Å². The van der Waals surface area contributed by atoms with Crippen LogP contribution in [0.1, 0.15) is 175 Å². The molecule has 0 saturated carbocycles. The average Bonchev–Trinajstić information content (AvgIpc) is 1.73. The number of nitriles is 1. The lowest BCUT2D eigenvalue weighted by molar-refractivity contribution is -0.135. The van der Waals surface area contributed by atoms with Crippen LogP contribution in [0.3, 0.4) is 0 Å². The van der Waals surface area contributed by atoms with E-state index in [-0.39, 0.29) is 98.6 Å². The van der Waals surface area contributed by atoms with Crippen LogP contribution in [0.25, 0.3) is 4.85 Å². The van der Waals surface area contributed by atoms with E-state index in [1.165, 1.54) is 9.80 Å². The van der Waals surface area contributed by atoms with Gasteiger partial charge in [-0.2, -0.15) is 5.26 Å². The number of rotatable bonds is 46. The molecular weight excluding hydrogens is 1770 g/mol. The van der Waals surface area contributed by atoms with Gasteiger partial charge in [0.1, 0.15) is 40.8 Å². The molecule has 0 radical (unpaired) electrons. The predicted octanol–water partition coefficient (Wildman–Crippen LogP) is 19.7. The molecule has 129 heavy (non-hydrogen) atoms. The Bertz CT molecular complexity index is 4810. The molecule has 0 bridgehead atoms. The van der Waals surface area contributed by atoms with Crippen LogP contribution in [0.5, 0.6) is 23.0 Å². The number of ether oxygens (including phenoxy) is 6. The van der Waals surface area contributed by atoms with Gasteiger partial charge in [0, 0.05) is 86.2 Å². The zero-order chi connectivity index (χ0) is 92.6. The Kier molecular flexibility index (Phi) is 40.9. The first-order chi connectivity index (χ1) is 62.4. The van der Waals surface area contributed by atoms with Gasteiger partial charge in [0.2, 0.25) is 26.0 Å². The van der Waals surface area contributed by atoms with Crippen molar-refractivity contribution in [2.24, 2.45) is 0 Å². The lowest BCUT2D eigenvalue weighted by atomic mass is 9.80. The number of carbonyl (C=O) groups excluding carboxylic acids is 6. The zero-order valence-electron chi connectivity index (χ0n) is 75.4. The number of halogens is 1.